The minimum atomic E-state index is -0.936. The maximum atomic E-state index is 11.3. The summed E-state index contributed by atoms with van der Waals surface area (Å²) in [6.45, 7) is 2.68. The van der Waals surface area contributed by atoms with Crippen LogP contribution in [0.4, 0.5) is 0 Å². The molecule has 0 bridgehead atoms. The fraction of sp³-hybridized carbons (Fsp3) is 0.250. The third-order valence-corrected chi connectivity index (χ3v) is 4.89. The van der Waals surface area contributed by atoms with Crippen LogP contribution in [-0.2, 0) is 22.6 Å². The molecular weight excluding hydrogens is 336 g/mol. The molecule has 0 amide bonds. The molecule has 1 atom stereocenters. The van der Waals surface area contributed by atoms with Crippen LogP contribution in [0.5, 0.6) is 5.75 Å². The maximum absolute atomic E-state index is 11.3. The Labute approximate surface area is 150 Å². The Morgan fingerprint density at radius 2 is 1.96 bits per heavy atom. The Hall–Kier alpha value is -2.37. The van der Waals surface area contributed by atoms with Crippen LogP contribution in [0.25, 0.3) is 10.1 Å². The lowest BCUT2D eigenvalue weighted by Crippen LogP contribution is -2.26. The molecule has 130 valence electrons. The van der Waals surface area contributed by atoms with Crippen LogP contribution >= 0.6 is 11.3 Å². The lowest BCUT2D eigenvalue weighted by Gasteiger charge is -2.14. The predicted octanol–water partition coefficient (Wildman–Crippen LogP) is 4.51. The Kier molecular flexibility index (Phi) is 5.68. The zero-order valence-electron chi connectivity index (χ0n) is 14.0. The molecule has 0 aliphatic rings. The average Bonchev–Trinajstić information content (AvgIpc) is 3.11. The summed E-state index contributed by atoms with van der Waals surface area (Å²) in [5, 5.41) is 12.3. The number of hydrogen-bond acceptors (Lipinski definition) is 4. The minimum Gasteiger partial charge on any atom is -0.487 e. The minimum absolute atomic E-state index is 0.343. The summed E-state index contributed by atoms with van der Waals surface area (Å²) in [5.41, 5.74) is 2.07. The standard InChI is InChI=1S/C20H20O4S/c1-2-23-18(20(21)22)12-15-8-9-17(19-16(15)10-11-25-19)24-13-14-6-4-3-5-7-14/h3-11,18H,2,12-13H2,1H3,(H,21,22). The van der Waals surface area contributed by atoms with E-state index in [2.05, 4.69) is 0 Å². The molecule has 5 heteroatoms. The number of hydrogen-bond donors (Lipinski definition) is 1. The third-order valence-electron chi connectivity index (χ3n) is 3.96. The summed E-state index contributed by atoms with van der Waals surface area (Å²) < 4.78 is 12.4. The van der Waals surface area contributed by atoms with Gasteiger partial charge in [0, 0.05) is 13.0 Å². The SMILES string of the molecule is CCOC(Cc1ccc(OCc2ccccc2)c2sccc12)C(=O)O. The van der Waals surface area contributed by atoms with E-state index in [1.165, 1.54) is 0 Å². The number of carboxylic acids is 1. The van der Waals surface area contributed by atoms with Crippen LogP contribution in [-0.4, -0.2) is 23.8 Å². The largest absolute Gasteiger partial charge is 0.487 e. The number of aliphatic carboxylic acids is 1. The monoisotopic (exact) mass is 356 g/mol. The zero-order chi connectivity index (χ0) is 17.6. The van der Waals surface area contributed by atoms with Gasteiger partial charge < -0.3 is 14.6 Å². The summed E-state index contributed by atoms with van der Waals surface area (Å²) >= 11 is 1.60. The second-order valence-corrected chi connectivity index (χ2v) is 6.56. The van der Waals surface area contributed by atoms with Crippen molar-refractivity contribution in [1.82, 2.24) is 0 Å². The maximum Gasteiger partial charge on any atom is 0.333 e. The molecule has 1 aromatic heterocycles. The first-order chi connectivity index (χ1) is 12.2. The first kappa shape index (κ1) is 17.5. The summed E-state index contributed by atoms with van der Waals surface area (Å²) in [7, 11) is 0. The molecule has 0 aliphatic heterocycles. The summed E-state index contributed by atoms with van der Waals surface area (Å²) in [5.74, 6) is -0.115. The molecule has 25 heavy (non-hydrogen) atoms. The van der Waals surface area contributed by atoms with Crippen molar-refractivity contribution in [2.45, 2.75) is 26.1 Å². The molecule has 0 saturated heterocycles. The number of carbonyl (C=O) groups is 1. The number of thiophene rings is 1. The normalized spacial score (nSPS) is 12.2. The molecule has 0 aliphatic carbocycles. The second-order valence-electron chi connectivity index (χ2n) is 5.65. The van der Waals surface area contributed by atoms with Crippen molar-refractivity contribution in [3.8, 4) is 5.75 Å². The van der Waals surface area contributed by atoms with E-state index in [4.69, 9.17) is 9.47 Å². The summed E-state index contributed by atoms with van der Waals surface area (Å²) in [6.07, 6.45) is -0.487. The molecular formula is C20H20O4S. The van der Waals surface area contributed by atoms with E-state index in [1.807, 2.05) is 53.9 Å². The second kappa shape index (κ2) is 8.14. The van der Waals surface area contributed by atoms with E-state index in [0.29, 0.717) is 19.6 Å². The molecule has 1 unspecified atom stereocenters. The number of carboxylic acid groups (broad SMARTS) is 1. The molecule has 1 heterocycles. The van der Waals surface area contributed by atoms with Gasteiger partial charge in [-0.3, -0.25) is 0 Å². The molecule has 4 nitrogen and oxygen atoms in total. The van der Waals surface area contributed by atoms with Crippen LogP contribution in [0, 0.1) is 0 Å². The van der Waals surface area contributed by atoms with E-state index in [0.717, 1.165) is 27.0 Å². The topological polar surface area (TPSA) is 55.8 Å². The Morgan fingerprint density at radius 1 is 1.16 bits per heavy atom. The highest BCUT2D eigenvalue weighted by molar-refractivity contribution is 7.17. The first-order valence-electron chi connectivity index (χ1n) is 8.19. The molecule has 3 rings (SSSR count). The van der Waals surface area contributed by atoms with Gasteiger partial charge in [0.15, 0.2) is 6.10 Å². The fourth-order valence-corrected chi connectivity index (χ4v) is 3.65. The summed E-state index contributed by atoms with van der Waals surface area (Å²) in [4.78, 5) is 11.3. The van der Waals surface area contributed by atoms with Gasteiger partial charge in [-0.15, -0.1) is 11.3 Å². The van der Waals surface area contributed by atoms with Crippen molar-refractivity contribution >= 4 is 27.4 Å². The van der Waals surface area contributed by atoms with Crippen LogP contribution in [0.2, 0.25) is 0 Å². The third kappa shape index (κ3) is 4.18. The lowest BCUT2D eigenvalue weighted by atomic mass is 10.0. The number of rotatable bonds is 8. The van der Waals surface area contributed by atoms with Crippen molar-refractivity contribution < 1.29 is 19.4 Å². The van der Waals surface area contributed by atoms with Crippen molar-refractivity contribution in [2.24, 2.45) is 0 Å². The lowest BCUT2D eigenvalue weighted by molar-refractivity contribution is -0.149. The molecule has 0 saturated carbocycles. The first-order valence-corrected chi connectivity index (χ1v) is 9.07. The van der Waals surface area contributed by atoms with Gasteiger partial charge in [0.25, 0.3) is 0 Å². The molecule has 0 fully saturated rings. The quantitative estimate of drug-likeness (QED) is 0.645. The van der Waals surface area contributed by atoms with Crippen molar-refractivity contribution in [1.29, 1.82) is 0 Å². The van der Waals surface area contributed by atoms with Gasteiger partial charge >= 0.3 is 5.97 Å². The van der Waals surface area contributed by atoms with Crippen molar-refractivity contribution in [3.63, 3.8) is 0 Å². The van der Waals surface area contributed by atoms with Gasteiger partial charge in [-0.2, -0.15) is 0 Å². The van der Waals surface area contributed by atoms with Crippen LogP contribution < -0.4 is 4.74 Å². The van der Waals surface area contributed by atoms with Gasteiger partial charge in [0.2, 0.25) is 0 Å². The van der Waals surface area contributed by atoms with E-state index < -0.39 is 12.1 Å². The van der Waals surface area contributed by atoms with Gasteiger partial charge in [-0.25, -0.2) is 4.79 Å². The van der Waals surface area contributed by atoms with E-state index >= 15 is 0 Å². The fourth-order valence-electron chi connectivity index (χ4n) is 2.74. The molecule has 2 aromatic carbocycles. The Bertz CT molecular complexity index is 841. The van der Waals surface area contributed by atoms with Gasteiger partial charge in [0.05, 0.1) is 4.70 Å². The predicted molar refractivity (Wildman–Crippen MR) is 99.4 cm³/mol. The average molecular weight is 356 g/mol. The van der Waals surface area contributed by atoms with Gasteiger partial charge in [-0.05, 0) is 40.9 Å². The van der Waals surface area contributed by atoms with E-state index in [9.17, 15) is 9.90 Å². The number of benzene rings is 2. The van der Waals surface area contributed by atoms with Crippen LogP contribution in [0.15, 0.2) is 53.9 Å². The van der Waals surface area contributed by atoms with Gasteiger partial charge in [0.1, 0.15) is 12.4 Å². The van der Waals surface area contributed by atoms with Gasteiger partial charge in [-0.1, -0.05) is 36.4 Å². The summed E-state index contributed by atoms with van der Waals surface area (Å²) in [6, 6.07) is 15.9. The highest BCUT2D eigenvalue weighted by atomic mass is 32.1. The van der Waals surface area contributed by atoms with Crippen molar-refractivity contribution in [2.75, 3.05) is 6.61 Å². The molecule has 0 spiro atoms. The zero-order valence-corrected chi connectivity index (χ0v) is 14.8. The van der Waals surface area contributed by atoms with E-state index in [-0.39, 0.29) is 0 Å². The van der Waals surface area contributed by atoms with E-state index in [1.54, 1.807) is 18.3 Å². The molecule has 3 aromatic rings. The highest BCUT2D eigenvalue weighted by Gasteiger charge is 2.20. The highest BCUT2D eigenvalue weighted by Crippen LogP contribution is 2.34. The van der Waals surface area contributed by atoms with Crippen molar-refractivity contribution in [3.05, 3.63) is 65.0 Å². The smallest absolute Gasteiger partial charge is 0.333 e. The number of fused-ring (bicyclic) bond motifs is 1. The van der Waals surface area contributed by atoms with Crippen LogP contribution in [0.1, 0.15) is 18.1 Å². The number of ether oxygens (including phenoxy) is 2. The Balaban J connectivity index is 1.81. The van der Waals surface area contributed by atoms with Crippen LogP contribution in [0.3, 0.4) is 0 Å². The Morgan fingerprint density at radius 3 is 2.68 bits per heavy atom. The molecule has 0 radical (unpaired) electrons. The molecule has 1 N–H and O–H groups in total.